The van der Waals surface area contributed by atoms with Crippen molar-refractivity contribution in [3.63, 3.8) is 0 Å². The number of hydrogen-bond acceptors (Lipinski definition) is 8. The maximum atomic E-state index is 13.0. The van der Waals surface area contributed by atoms with Crippen molar-refractivity contribution in [2.45, 2.75) is 19.4 Å². The third kappa shape index (κ3) is 3.17. The number of esters is 3. The van der Waals surface area contributed by atoms with Gasteiger partial charge in [-0.3, -0.25) is 14.4 Å². The van der Waals surface area contributed by atoms with Crippen LogP contribution in [0.1, 0.15) is 51.3 Å². The van der Waals surface area contributed by atoms with Crippen LogP contribution in [0.15, 0.2) is 54.6 Å². The number of primary amides is 1. The van der Waals surface area contributed by atoms with Crippen LogP contribution in [0, 0.1) is 0 Å². The van der Waals surface area contributed by atoms with Crippen molar-refractivity contribution in [1.82, 2.24) is 0 Å². The lowest BCUT2D eigenvalue weighted by molar-refractivity contribution is -0.132. The molecular weight excluding hydrogens is 442 g/mol. The van der Waals surface area contributed by atoms with Gasteiger partial charge in [-0.2, -0.15) is 0 Å². The van der Waals surface area contributed by atoms with Crippen molar-refractivity contribution in [1.29, 1.82) is 0 Å². The molecule has 34 heavy (non-hydrogen) atoms. The molecule has 0 aromatic heterocycles. The fraction of sp³-hybridized carbons (Fsp3) is 0.120. The summed E-state index contributed by atoms with van der Waals surface area (Å²) in [6.07, 6.45) is 0. The summed E-state index contributed by atoms with van der Waals surface area (Å²) in [5, 5.41) is 0. The average Bonchev–Trinajstić information content (AvgIpc) is 3.05. The number of nitrogens with two attached hydrogens (primary N) is 1. The molecule has 0 saturated heterocycles. The largest absolute Gasteiger partial charge is 0.456 e. The Kier molecular flexibility index (Phi) is 4.64. The molecule has 3 aromatic carbocycles. The Hall–Kier alpha value is -4.66. The number of carbonyl (C=O) groups is 4. The first-order chi connectivity index (χ1) is 16.2. The lowest BCUT2D eigenvalue weighted by atomic mass is 9.77. The van der Waals surface area contributed by atoms with Crippen molar-refractivity contribution < 1.29 is 38.1 Å². The zero-order valence-electron chi connectivity index (χ0n) is 18.0. The van der Waals surface area contributed by atoms with Gasteiger partial charge < -0.3 is 24.7 Å². The van der Waals surface area contributed by atoms with E-state index in [0.717, 1.165) is 0 Å². The Balaban J connectivity index is 1.77. The van der Waals surface area contributed by atoms with E-state index >= 15 is 0 Å². The number of hydrogen-bond donors (Lipinski definition) is 1. The summed E-state index contributed by atoms with van der Waals surface area (Å²) >= 11 is 0. The van der Waals surface area contributed by atoms with Gasteiger partial charge in [-0.05, 0) is 36.4 Å². The average molecular weight is 459 g/mol. The highest BCUT2D eigenvalue weighted by Crippen LogP contribution is 2.57. The quantitative estimate of drug-likeness (QED) is 0.467. The van der Waals surface area contributed by atoms with Gasteiger partial charge in [0.25, 0.3) is 0 Å². The summed E-state index contributed by atoms with van der Waals surface area (Å²) in [5.74, 6) is -1.35. The highest BCUT2D eigenvalue weighted by atomic mass is 16.6. The van der Waals surface area contributed by atoms with Crippen LogP contribution >= 0.6 is 0 Å². The Bertz CT molecular complexity index is 1360. The van der Waals surface area contributed by atoms with Crippen molar-refractivity contribution in [2.75, 3.05) is 0 Å². The maximum Gasteiger partial charge on any atom is 0.340 e. The minimum absolute atomic E-state index is 0.163. The van der Waals surface area contributed by atoms with Gasteiger partial charge in [0.2, 0.25) is 5.91 Å². The summed E-state index contributed by atoms with van der Waals surface area (Å²) in [6.45, 7) is 2.54. The minimum Gasteiger partial charge on any atom is -0.456 e. The van der Waals surface area contributed by atoms with E-state index in [0.29, 0.717) is 16.7 Å². The number of amides is 1. The Morgan fingerprint density at radius 1 is 0.794 bits per heavy atom. The third-order valence-corrected chi connectivity index (χ3v) is 5.56. The van der Waals surface area contributed by atoms with E-state index in [1.54, 1.807) is 30.3 Å². The van der Waals surface area contributed by atoms with E-state index in [2.05, 4.69) is 0 Å². The molecule has 2 aliphatic rings. The molecule has 0 radical (unpaired) electrons. The number of carbonyl (C=O) groups excluding carboxylic acids is 4. The lowest BCUT2D eigenvalue weighted by Crippen LogP contribution is -2.33. The first-order valence-electron chi connectivity index (χ1n) is 10.2. The molecule has 9 heteroatoms. The van der Waals surface area contributed by atoms with Crippen LogP contribution in [-0.4, -0.2) is 23.8 Å². The van der Waals surface area contributed by atoms with Crippen LogP contribution < -0.4 is 19.9 Å². The number of ether oxygens (including phenoxy) is 4. The zero-order chi connectivity index (χ0) is 24.2. The number of rotatable bonds is 3. The molecule has 0 bridgehead atoms. The monoisotopic (exact) mass is 459 g/mol. The predicted octanol–water partition coefficient (Wildman–Crippen LogP) is 3.20. The first-order valence-corrected chi connectivity index (χ1v) is 10.2. The molecule has 0 fully saturated rings. The van der Waals surface area contributed by atoms with Crippen molar-refractivity contribution >= 4 is 23.8 Å². The number of benzene rings is 3. The zero-order valence-corrected chi connectivity index (χ0v) is 18.0. The molecule has 2 N–H and O–H groups in total. The third-order valence-electron chi connectivity index (χ3n) is 5.56. The van der Waals surface area contributed by atoms with Gasteiger partial charge in [0, 0.05) is 48.2 Å². The van der Waals surface area contributed by atoms with Crippen LogP contribution in [0.25, 0.3) is 0 Å². The molecule has 0 atom stereocenters. The molecule has 0 aliphatic carbocycles. The van der Waals surface area contributed by atoms with E-state index in [1.165, 1.54) is 38.1 Å². The summed E-state index contributed by atoms with van der Waals surface area (Å²) < 4.78 is 22.4. The highest BCUT2D eigenvalue weighted by molar-refractivity contribution is 6.01. The van der Waals surface area contributed by atoms with Gasteiger partial charge in [0.1, 0.15) is 23.0 Å². The van der Waals surface area contributed by atoms with Crippen LogP contribution in [0.2, 0.25) is 0 Å². The SMILES string of the molecule is CC(=O)Oc1ccc2c(c1)Oc1cc(OC(C)=O)ccc1C21OC(=O)c2cc(C(N)=O)ccc21. The molecule has 9 nitrogen and oxygen atoms in total. The second-order valence-electron chi connectivity index (χ2n) is 7.80. The molecule has 1 amide bonds. The van der Waals surface area contributed by atoms with Crippen molar-refractivity contribution in [3.05, 3.63) is 82.4 Å². The van der Waals surface area contributed by atoms with Gasteiger partial charge in [0.05, 0.1) is 5.56 Å². The standard InChI is InChI=1S/C25H17NO8/c1-12(27)31-15-4-7-19-21(10-15)33-22-11-16(32-13(2)28)5-8-20(22)25(19)18-6-3-14(23(26)29)9-17(18)24(30)34-25/h3-11H,1-2H3,(H2,26,29). The molecule has 3 aromatic rings. The maximum absolute atomic E-state index is 13.0. The van der Waals surface area contributed by atoms with Crippen LogP contribution in [0.5, 0.6) is 23.0 Å². The fourth-order valence-electron chi connectivity index (χ4n) is 4.30. The molecule has 1 spiro atoms. The lowest BCUT2D eigenvalue weighted by Gasteiger charge is -2.36. The molecule has 170 valence electrons. The van der Waals surface area contributed by atoms with Gasteiger partial charge in [0.15, 0.2) is 5.60 Å². The van der Waals surface area contributed by atoms with E-state index in [-0.39, 0.29) is 34.1 Å². The highest BCUT2D eigenvalue weighted by Gasteiger charge is 2.53. The van der Waals surface area contributed by atoms with E-state index < -0.39 is 29.4 Å². The van der Waals surface area contributed by atoms with Crippen molar-refractivity contribution in [2.24, 2.45) is 5.73 Å². The topological polar surface area (TPSA) is 131 Å². The van der Waals surface area contributed by atoms with Gasteiger partial charge in [-0.25, -0.2) is 4.79 Å². The summed E-state index contributed by atoms with van der Waals surface area (Å²) in [7, 11) is 0. The summed E-state index contributed by atoms with van der Waals surface area (Å²) in [4.78, 5) is 47.6. The summed E-state index contributed by atoms with van der Waals surface area (Å²) in [5.41, 5.74) is 5.76. The summed E-state index contributed by atoms with van der Waals surface area (Å²) in [6, 6.07) is 13.9. The predicted molar refractivity (Wildman–Crippen MR) is 116 cm³/mol. The minimum atomic E-state index is -1.42. The number of fused-ring (bicyclic) bond motifs is 6. The second-order valence-corrected chi connectivity index (χ2v) is 7.80. The van der Waals surface area contributed by atoms with Crippen molar-refractivity contribution in [3.8, 4) is 23.0 Å². The van der Waals surface area contributed by atoms with Crippen LogP contribution in [0.4, 0.5) is 0 Å². The van der Waals surface area contributed by atoms with E-state index in [9.17, 15) is 19.2 Å². The normalized spacial score (nSPS) is 14.2. The van der Waals surface area contributed by atoms with E-state index in [4.69, 9.17) is 24.7 Å². The van der Waals surface area contributed by atoms with Gasteiger partial charge in [-0.15, -0.1) is 0 Å². The Labute approximate surface area is 193 Å². The van der Waals surface area contributed by atoms with E-state index in [1.807, 2.05) is 0 Å². The van der Waals surface area contributed by atoms with Crippen LogP contribution in [0.3, 0.4) is 0 Å². The smallest absolute Gasteiger partial charge is 0.340 e. The molecule has 5 rings (SSSR count). The van der Waals surface area contributed by atoms with Gasteiger partial charge >= 0.3 is 17.9 Å². The first kappa shape index (κ1) is 21.2. The Morgan fingerprint density at radius 3 is 1.82 bits per heavy atom. The molecule has 2 heterocycles. The van der Waals surface area contributed by atoms with Gasteiger partial charge in [-0.1, -0.05) is 6.07 Å². The molecular formula is C25H17NO8. The Morgan fingerprint density at radius 2 is 1.32 bits per heavy atom. The fourth-order valence-corrected chi connectivity index (χ4v) is 4.30. The van der Waals surface area contributed by atoms with Crippen LogP contribution in [-0.2, 0) is 19.9 Å². The molecule has 2 aliphatic heterocycles. The molecule has 0 saturated carbocycles. The second kappa shape index (κ2) is 7.45. The molecule has 0 unspecified atom stereocenters.